The van der Waals surface area contributed by atoms with E-state index in [0.29, 0.717) is 9.69 Å². The fraction of sp³-hybridized carbons (Fsp3) is 0.143. The molecule has 1 fully saturated rings. The first-order valence-electron chi connectivity index (χ1n) is 9.35. The van der Waals surface area contributed by atoms with Gasteiger partial charge in [0.15, 0.2) is 12.4 Å². The highest BCUT2D eigenvalue weighted by Crippen LogP contribution is 2.40. The number of rotatable bonds is 7. The number of hydrogen-bond acceptors (Lipinski definition) is 6. The van der Waals surface area contributed by atoms with Gasteiger partial charge in [-0.25, -0.2) is 18.2 Å². The van der Waals surface area contributed by atoms with Gasteiger partial charge in [-0.05, 0) is 29.1 Å². The number of amides is 1. The average Bonchev–Trinajstić information content (AvgIpc) is 3.03. The Morgan fingerprint density at radius 3 is 2.53 bits per heavy atom. The van der Waals surface area contributed by atoms with E-state index in [1.807, 2.05) is 10.8 Å². The lowest BCUT2D eigenvalue weighted by Crippen LogP contribution is -2.30. The zero-order chi connectivity index (χ0) is 22.9. The minimum absolute atomic E-state index is 0.0236. The molecule has 1 saturated heterocycles. The van der Waals surface area contributed by atoms with Crippen molar-refractivity contribution in [3.05, 3.63) is 66.0 Å². The summed E-state index contributed by atoms with van der Waals surface area (Å²) in [7, 11) is -4.31. The Labute approximate surface area is 182 Å². The molecule has 1 aliphatic rings. The van der Waals surface area contributed by atoms with E-state index in [9.17, 15) is 18.0 Å². The number of carbonyl (C=O) groups excluding carboxylic acids is 1. The van der Waals surface area contributed by atoms with Gasteiger partial charge in [-0.15, -0.1) is 0 Å². The number of hydrogen-bond donors (Lipinski definition) is 2. The van der Waals surface area contributed by atoms with Crippen molar-refractivity contribution in [2.45, 2.75) is 6.61 Å². The lowest BCUT2D eigenvalue weighted by Gasteiger charge is -2.21. The third-order valence-corrected chi connectivity index (χ3v) is 6.04. The second kappa shape index (κ2) is 8.35. The van der Waals surface area contributed by atoms with Crippen molar-refractivity contribution < 1.29 is 37.0 Å². The van der Waals surface area contributed by atoms with Gasteiger partial charge >= 0.3 is 16.2 Å². The maximum absolute atomic E-state index is 15.7. The van der Waals surface area contributed by atoms with Crippen molar-refractivity contribution in [3.63, 3.8) is 0 Å². The fourth-order valence-electron chi connectivity index (χ4n) is 3.26. The monoisotopic (exact) mass is 460 g/mol. The molecule has 0 bridgehead atoms. The third kappa shape index (κ3) is 4.28. The number of ether oxygens (including phenoxy) is 2. The second-order valence-corrected chi connectivity index (χ2v) is 8.51. The van der Waals surface area contributed by atoms with Crippen molar-refractivity contribution >= 4 is 38.5 Å². The van der Waals surface area contributed by atoms with Crippen LogP contribution in [0.15, 0.2) is 54.6 Å². The largest absolute Gasteiger partial charge is 0.487 e. The number of carboxylic acids is 1. The van der Waals surface area contributed by atoms with Gasteiger partial charge in [-0.2, -0.15) is 8.42 Å². The molecular weight excluding hydrogens is 443 g/mol. The molecule has 1 amide bonds. The zero-order valence-corrected chi connectivity index (χ0v) is 17.3. The summed E-state index contributed by atoms with van der Waals surface area (Å²) in [6.45, 7) is -1.20. The van der Waals surface area contributed by atoms with Crippen LogP contribution in [0.1, 0.15) is 5.56 Å². The summed E-state index contributed by atoms with van der Waals surface area (Å²) in [6.07, 6.45) is 0. The molecule has 2 N–H and O–H groups in total. The van der Waals surface area contributed by atoms with E-state index in [4.69, 9.17) is 14.6 Å². The van der Waals surface area contributed by atoms with Gasteiger partial charge < -0.3 is 14.6 Å². The van der Waals surface area contributed by atoms with Crippen LogP contribution in [0.5, 0.6) is 11.5 Å². The minimum Gasteiger partial charge on any atom is -0.487 e. The summed E-state index contributed by atoms with van der Waals surface area (Å²) in [6, 6.07) is 14.7. The summed E-state index contributed by atoms with van der Waals surface area (Å²) in [5, 5.41) is 9.12. The second-order valence-electron chi connectivity index (χ2n) is 6.91. The summed E-state index contributed by atoms with van der Waals surface area (Å²) in [5.74, 6) is -2.95. The topological polar surface area (TPSA) is 122 Å². The first-order chi connectivity index (χ1) is 15.2. The predicted octanol–water partition coefficient (Wildman–Crippen LogP) is 2.20. The van der Waals surface area contributed by atoms with Gasteiger partial charge in [0.05, 0.1) is 0 Å². The SMILES string of the molecule is O=C(O)COc1ccc2cc(OCc3ccccc3)c(N3CC(=O)NS3(=O)=O)c(F)c2c1. The summed E-state index contributed by atoms with van der Waals surface area (Å²) >= 11 is 0. The van der Waals surface area contributed by atoms with Crippen LogP contribution in [0.2, 0.25) is 0 Å². The molecule has 1 heterocycles. The number of aliphatic carboxylic acids is 1. The molecule has 32 heavy (non-hydrogen) atoms. The van der Waals surface area contributed by atoms with Gasteiger partial charge in [0, 0.05) is 5.39 Å². The van der Waals surface area contributed by atoms with Gasteiger partial charge in [0.25, 0.3) is 5.91 Å². The van der Waals surface area contributed by atoms with E-state index in [1.54, 1.807) is 24.3 Å². The van der Waals surface area contributed by atoms with Crippen LogP contribution in [0.3, 0.4) is 0 Å². The van der Waals surface area contributed by atoms with Crippen LogP contribution in [0.25, 0.3) is 10.8 Å². The van der Waals surface area contributed by atoms with E-state index in [-0.39, 0.29) is 23.5 Å². The Hall–Kier alpha value is -3.86. The van der Waals surface area contributed by atoms with Crippen LogP contribution in [-0.4, -0.2) is 38.6 Å². The molecule has 0 aliphatic carbocycles. The molecule has 1 aliphatic heterocycles. The number of carbonyl (C=O) groups is 2. The molecule has 3 aromatic carbocycles. The Balaban J connectivity index is 1.81. The van der Waals surface area contributed by atoms with Crippen molar-refractivity contribution in [2.75, 3.05) is 17.5 Å². The van der Waals surface area contributed by atoms with Gasteiger partial charge in [0.2, 0.25) is 0 Å². The quantitative estimate of drug-likeness (QED) is 0.554. The predicted molar refractivity (Wildman–Crippen MR) is 112 cm³/mol. The van der Waals surface area contributed by atoms with Crippen molar-refractivity contribution in [1.82, 2.24) is 4.72 Å². The molecule has 11 heteroatoms. The number of fused-ring (bicyclic) bond motifs is 1. The first kappa shape index (κ1) is 21.4. The van der Waals surface area contributed by atoms with Gasteiger partial charge in [-0.3, -0.25) is 4.79 Å². The van der Waals surface area contributed by atoms with E-state index in [0.717, 1.165) is 5.56 Å². The van der Waals surface area contributed by atoms with Crippen LogP contribution in [0.4, 0.5) is 10.1 Å². The maximum atomic E-state index is 15.7. The molecule has 0 aromatic heterocycles. The molecule has 166 valence electrons. The first-order valence-corrected chi connectivity index (χ1v) is 10.8. The molecule has 9 nitrogen and oxygen atoms in total. The Morgan fingerprint density at radius 1 is 1.12 bits per heavy atom. The van der Waals surface area contributed by atoms with E-state index < -0.39 is 46.7 Å². The van der Waals surface area contributed by atoms with Crippen molar-refractivity contribution in [3.8, 4) is 11.5 Å². The zero-order valence-electron chi connectivity index (χ0n) is 16.4. The standard InChI is InChI=1S/C21H17FN2O7S/c22-20-16-9-15(30-12-19(26)27)7-6-14(16)8-17(31-11-13-4-2-1-3-5-13)21(20)24-10-18(25)23-32(24,28)29/h1-9H,10-12H2,(H,23,25)(H,26,27). The highest BCUT2D eigenvalue weighted by molar-refractivity contribution is 7.92. The molecule has 0 saturated carbocycles. The van der Waals surface area contributed by atoms with Crippen molar-refractivity contribution in [2.24, 2.45) is 0 Å². The molecule has 0 radical (unpaired) electrons. The summed E-state index contributed by atoms with van der Waals surface area (Å²) in [4.78, 5) is 22.5. The van der Waals surface area contributed by atoms with Crippen molar-refractivity contribution in [1.29, 1.82) is 0 Å². The van der Waals surface area contributed by atoms with Crippen LogP contribution in [0, 0.1) is 5.82 Å². The molecule has 0 spiro atoms. The Morgan fingerprint density at radius 2 is 1.88 bits per heavy atom. The number of carboxylic acid groups (broad SMARTS) is 1. The molecule has 0 unspecified atom stereocenters. The third-order valence-electron chi connectivity index (χ3n) is 4.66. The number of nitrogens with zero attached hydrogens (tertiary/aromatic N) is 1. The molecule has 0 atom stereocenters. The normalized spacial score (nSPS) is 14.9. The fourth-order valence-corrected chi connectivity index (χ4v) is 4.42. The average molecular weight is 460 g/mol. The highest BCUT2D eigenvalue weighted by Gasteiger charge is 2.38. The van der Waals surface area contributed by atoms with E-state index in [2.05, 4.69) is 0 Å². The minimum atomic E-state index is -4.31. The number of anilines is 1. The summed E-state index contributed by atoms with van der Waals surface area (Å²) < 4.78 is 53.8. The maximum Gasteiger partial charge on any atom is 0.341 e. The summed E-state index contributed by atoms with van der Waals surface area (Å²) in [5.41, 5.74) is 0.344. The van der Waals surface area contributed by atoms with E-state index >= 15 is 4.39 Å². The molecule has 4 rings (SSSR count). The number of nitrogens with one attached hydrogen (secondary N) is 1. The highest BCUT2D eigenvalue weighted by atomic mass is 32.2. The number of halogens is 1. The van der Waals surface area contributed by atoms with E-state index in [1.165, 1.54) is 24.3 Å². The van der Waals surface area contributed by atoms with Gasteiger partial charge in [0.1, 0.15) is 30.3 Å². The van der Waals surface area contributed by atoms with Crippen LogP contribution >= 0.6 is 0 Å². The Bertz CT molecular complexity index is 1310. The van der Waals surface area contributed by atoms with Gasteiger partial charge in [-0.1, -0.05) is 36.4 Å². The molecular formula is C21H17FN2O7S. The number of benzene rings is 3. The van der Waals surface area contributed by atoms with Crippen LogP contribution < -0.4 is 18.5 Å². The lowest BCUT2D eigenvalue weighted by atomic mass is 10.1. The molecule has 3 aromatic rings. The Kier molecular flexibility index (Phi) is 5.57. The van der Waals surface area contributed by atoms with Crippen LogP contribution in [-0.2, 0) is 26.4 Å². The smallest absolute Gasteiger partial charge is 0.341 e. The lowest BCUT2D eigenvalue weighted by molar-refractivity contribution is -0.139.